The minimum absolute atomic E-state index is 0.0434. The Kier molecular flexibility index (Phi) is 5.95. The highest BCUT2D eigenvalue weighted by molar-refractivity contribution is 5.94. The van der Waals surface area contributed by atoms with Crippen LogP contribution in [0.1, 0.15) is 47.6 Å². The zero-order valence-corrected chi connectivity index (χ0v) is 18.4. The summed E-state index contributed by atoms with van der Waals surface area (Å²) in [7, 11) is 0. The first-order chi connectivity index (χ1) is 14.8. The van der Waals surface area contributed by atoms with Crippen molar-refractivity contribution in [1.82, 2.24) is 30.5 Å². The molecule has 0 aliphatic carbocycles. The quantitative estimate of drug-likeness (QED) is 0.760. The molecule has 9 nitrogen and oxygen atoms in total. The summed E-state index contributed by atoms with van der Waals surface area (Å²) in [6.07, 6.45) is 0.765. The summed E-state index contributed by atoms with van der Waals surface area (Å²) >= 11 is 0. The highest BCUT2D eigenvalue weighted by Crippen LogP contribution is 2.32. The second kappa shape index (κ2) is 8.66. The lowest BCUT2D eigenvalue weighted by Gasteiger charge is -2.34. The van der Waals surface area contributed by atoms with Crippen molar-refractivity contribution in [3.05, 3.63) is 46.8 Å². The van der Waals surface area contributed by atoms with E-state index >= 15 is 0 Å². The Balaban J connectivity index is 1.35. The number of carbonyl (C=O) groups is 2. The zero-order valence-electron chi connectivity index (χ0n) is 18.4. The molecular weight excluding hydrogens is 396 g/mol. The van der Waals surface area contributed by atoms with Crippen LogP contribution < -0.4 is 10.6 Å². The number of hydrogen-bond donors (Lipinski definition) is 2. The summed E-state index contributed by atoms with van der Waals surface area (Å²) in [6, 6.07) is 7.42. The van der Waals surface area contributed by atoms with Crippen molar-refractivity contribution in [2.75, 3.05) is 19.6 Å². The second-order valence-corrected chi connectivity index (χ2v) is 8.92. The lowest BCUT2D eigenvalue weighted by atomic mass is 10.0. The summed E-state index contributed by atoms with van der Waals surface area (Å²) < 4.78 is 8.08. The molecule has 1 saturated heterocycles. The Morgan fingerprint density at radius 1 is 1.26 bits per heavy atom. The lowest BCUT2D eigenvalue weighted by Crippen LogP contribution is -2.47. The van der Waals surface area contributed by atoms with Gasteiger partial charge in [0.15, 0.2) is 0 Å². The average Bonchev–Trinajstić information content (AvgIpc) is 3.34. The van der Waals surface area contributed by atoms with E-state index in [0.29, 0.717) is 56.5 Å². The Morgan fingerprint density at radius 3 is 2.87 bits per heavy atom. The molecule has 9 heteroatoms. The van der Waals surface area contributed by atoms with E-state index < -0.39 is 5.60 Å². The van der Waals surface area contributed by atoms with Gasteiger partial charge in [-0.05, 0) is 31.4 Å². The van der Waals surface area contributed by atoms with Crippen LogP contribution in [0, 0.1) is 12.8 Å². The fourth-order valence-corrected chi connectivity index (χ4v) is 4.05. The van der Waals surface area contributed by atoms with Gasteiger partial charge in [0.2, 0.25) is 0 Å². The molecule has 3 amide bonds. The number of urea groups is 1. The van der Waals surface area contributed by atoms with Crippen LogP contribution in [-0.2, 0) is 24.4 Å². The molecule has 2 aliphatic heterocycles. The predicted molar refractivity (Wildman–Crippen MR) is 114 cm³/mol. The van der Waals surface area contributed by atoms with Crippen molar-refractivity contribution < 1.29 is 14.3 Å². The van der Waals surface area contributed by atoms with Gasteiger partial charge in [0.05, 0.1) is 31.9 Å². The van der Waals surface area contributed by atoms with Crippen molar-refractivity contribution in [2.45, 2.75) is 52.5 Å². The van der Waals surface area contributed by atoms with Crippen LogP contribution in [0.3, 0.4) is 0 Å². The summed E-state index contributed by atoms with van der Waals surface area (Å²) in [4.78, 5) is 26.6. The van der Waals surface area contributed by atoms with E-state index in [-0.39, 0.29) is 11.9 Å². The number of carbonyl (C=O) groups excluding carboxylic acids is 2. The number of hydrogen-bond acceptors (Lipinski definition) is 5. The van der Waals surface area contributed by atoms with Crippen molar-refractivity contribution >= 4 is 11.9 Å². The van der Waals surface area contributed by atoms with Gasteiger partial charge < -0.3 is 20.3 Å². The summed E-state index contributed by atoms with van der Waals surface area (Å²) in [6.45, 7) is 9.17. The van der Waals surface area contributed by atoms with E-state index in [1.54, 1.807) is 6.07 Å². The minimum atomic E-state index is -0.433. The van der Waals surface area contributed by atoms with Gasteiger partial charge in [-0.2, -0.15) is 0 Å². The number of aryl methyl sites for hydroxylation is 1. The maximum atomic E-state index is 12.4. The van der Waals surface area contributed by atoms with Crippen molar-refractivity contribution in [1.29, 1.82) is 0 Å². The number of likely N-dealkylation sites (tertiary alicyclic amines) is 1. The molecule has 2 aliphatic rings. The molecule has 0 bridgehead atoms. The molecule has 1 atom stereocenters. The van der Waals surface area contributed by atoms with Crippen LogP contribution in [0.2, 0.25) is 0 Å². The fourth-order valence-electron chi connectivity index (χ4n) is 4.05. The third kappa shape index (κ3) is 4.71. The van der Waals surface area contributed by atoms with E-state index in [4.69, 9.17) is 4.74 Å². The number of ether oxygens (including phenoxy) is 1. The van der Waals surface area contributed by atoms with Gasteiger partial charge in [-0.3, -0.25) is 4.79 Å². The Morgan fingerprint density at radius 2 is 2.10 bits per heavy atom. The molecule has 4 rings (SSSR count). The highest BCUT2D eigenvalue weighted by atomic mass is 16.5. The SMILES string of the molecule is Cc1cccc(C(=O)NCc2nnn3c2COC2(CCN(C(=O)NCC(C)C)C2)C3)c1. The number of rotatable bonds is 5. The lowest BCUT2D eigenvalue weighted by molar-refractivity contribution is -0.0824. The number of amides is 3. The number of nitrogens with zero attached hydrogens (tertiary/aromatic N) is 4. The standard InChI is InChI=1S/C22H30N6O3/c1-15(2)10-24-21(30)27-8-7-22(13-27)14-28-19(12-31-22)18(25-26-28)11-23-20(29)17-6-4-5-16(3)9-17/h4-6,9,15H,7-8,10-14H2,1-3H3,(H,23,29)(H,24,30). The first-order valence-corrected chi connectivity index (χ1v) is 10.8. The van der Waals surface area contributed by atoms with Gasteiger partial charge >= 0.3 is 6.03 Å². The molecule has 2 aromatic rings. The molecule has 1 aromatic heterocycles. The molecule has 0 saturated carbocycles. The third-order valence-electron chi connectivity index (χ3n) is 5.83. The molecular formula is C22H30N6O3. The van der Waals surface area contributed by atoms with E-state index in [2.05, 4.69) is 34.8 Å². The van der Waals surface area contributed by atoms with Crippen LogP contribution in [0.15, 0.2) is 24.3 Å². The summed E-state index contributed by atoms with van der Waals surface area (Å²) in [5.74, 6) is 0.270. The van der Waals surface area contributed by atoms with E-state index in [9.17, 15) is 9.59 Å². The molecule has 1 fully saturated rings. The molecule has 1 unspecified atom stereocenters. The number of fused-ring (bicyclic) bond motifs is 1. The normalized spacial score (nSPS) is 20.2. The van der Waals surface area contributed by atoms with Crippen molar-refractivity contribution in [2.24, 2.45) is 5.92 Å². The van der Waals surface area contributed by atoms with Gasteiger partial charge in [-0.15, -0.1) is 5.10 Å². The zero-order chi connectivity index (χ0) is 22.0. The second-order valence-electron chi connectivity index (χ2n) is 8.92. The largest absolute Gasteiger partial charge is 0.365 e. The molecule has 3 heterocycles. The minimum Gasteiger partial charge on any atom is -0.365 e. The monoisotopic (exact) mass is 426 g/mol. The van der Waals surface area contributed by atoms with Gasteiger partial charge in [0.1, 0.15) is 11.3 Å². The van der Waals surface area contributed by atoms with Crippen LogP contribution in [-0.4, -0.2) is 57.1 Å². The van der Waals surface area contributed by atoms with Gasteiger partial charge in [-0.25, -0.2) is 9.48 Å². The summed E-state index contributed by atoms with van der Waals surface area (Å²) in [5, 5.41) is 14.4. The van der Waals surface area contributed by atoms with E-state index in [1.165, 1.54) is 0 Å². The first-order valence-electron chi connectivity index (χ1n) is 10.8. The van der Waals surface area contributed by atoms with E-state index in [1.807, 2.05) is 34.7 Å². The molecule has 2 N–H and O–H groups in total. The molecule has 1 aromatic carbocycles. The fraction of sp³-hybridized carbons (Fsp3) is 0.545. The van der Waals surface area contributed by atoms with Crippen LogP contribution in [0.5, 0.6) is 0 Å². The third-order valence-corrected chi connectivity index (χ3v) is 5.83. The van der Waals surface area contributed by atoms with Crippen LogP contribution in [0.25, 0.3) is 0 Å². The predicted octanol–water partition coefficient (Wildman–Crippen LogP) is 1.86. The average molecular weight is 427 g/mol. The van der Waals surface area contributed by atoms with Crippen LogP contribution >= 0.6 is 0 Å². The van der Waals surface area contributed by atoms with Crippen LogP contribution in [0.4, 0.5) is 4.79 Å². The van der Waals surface area contributed by atoms with Gasteiger partial charge in [-0.1, -0.05) is 36.8 Å². The molecule has 0 radical (unpaired) electrons. The molecule has 1 spiro atoms. The topological polar surface area (TPSA) is 101 Å². The maximum absolute atomic E-state index is 12.4. The molecule has 166 valence electrons. The smallest absolute Gasteiger partial charge is 0.317 e. The van der Waals surface area contributed by atoms with Gasteiger partial charge in [0, 0.05) is 18.7 Å². The number of nitrogens with one attached hydrogen (secondary N) is 2. The van der Waals surface area contributed by atoms with Crippen molar-refractivity contribution in [3.63, 3.8) is 0 Å². The highest BCUT2D eigenvalue weighted by Gasteiger charge is 2.44. The van der Waals surface area contributed by atoms with E-state index in [0.717, 1.165) is 17.7 Å². The number of benzene rings is 1. The first kappa shape index (κ1) is 21.3. The van der Waals surface area contributed by atoms with Crippen molar-refractivity contribution in [3.8, 4) is 0 Å². The Labute approximate surface area is 182 Å². The maximum Gasteiger partial charge on any atom is 0.317 e. The Bertz CT molecular complexity index is 972. The molecule has 31 heavy (non-hydrogen) atoms. The summed E-state index contributed by atoms with van der Waals surface area (Å²) in [5.41, 5.74) is 2.81. The number of aromatic nitrogens is 3. The van der Waals surface area contributed by atoms with Gasteiger partial charge in [0.25, 0.3) is 5.91 Å². The Hall–Kier alpha value is -2.94.